The van der Waals surface area contributed by atoms with Gasteiger partial charge in [0.2, 0.25) is 5.91 Å². The summed E-state index contributed by atoms with van der Waals surface area (Å²) in [6, 6.07) is -0.545. The summed E-state index contributed by atoms with van der Waals surface area (Å²) in [4.78, 5) is 10.6. The molecule has 1 aliphatic rings. The maximum atomic E-state index is 10.6. The second-order valence-corrected chi connectivity index (χ2v) is 4.51. The molecule has 5 N–H and O–H groups in total. The fourth-order valence-corrected chi connectivity index (χ4v) is 2.17. The Morgan fingerprint density at radius 1 is 1.40 bits per heavy atom. The number of nitrogens with two attached hydrogens (primary N) is 2. The van der Waals surface area contributed by atoms with E-state index in [9.17, 15) is 4.79 Å². The Morgan fingerprint density at radius 2 is 2.07 bits per heavy atom. The summed E-state index contributed by atoms with van der Waals surface area (Å²) in [7, 11) is 0. The van der Waals surface area contributed by atoms with Crippen LogP contribution in [0.5, 0.6) is 0 Å². The summed E-state index contributed by atoms with van der Waals surface area (Å²) in [5.74, 6) is 0.509. The molecule has 0 aromatic heterocycles. The van der Waals surface area contributed by atoms with E-state index >= 15 is 0 Å². The van der Waals surface area contributed by atoms with Crippen LogP contribution in [0.1, 0.15) is 38.5 Å². The van der Waals surface area contributed by atoms with Crippen LogP contribution >= 0.6 is 0 Å². The van der Waals surface area contributed by atoms with Gasteiger partial charge in [-0.1, -0.05) is 25.7 Å². The molecule has 88 valence electrons. The first-order valence-corrected chi connectivity index (χ1v) is 5.95. The minimum absolute atomic E-state index is 0.432. The van der Waals surface area contributed by atoms with Crippen molar-refractivity contribution in [3.05, 3.63) is 0 Å². The van der Waals surface area contributed by atoms with Crippen LogP contribution in [-0.4, -0.2) is 25.0 Å². The number of nitrogens with one attached hydrogen (secondary N) is 1. The fraction of sp³-hybridized carbons (Fsp3) is 0.909. The van der Waals surface area contributed by atoms with Gasteiger partial charge in [-0.25, -0.2) is 0 Å². The third-order valence-corrected chi connectivity index (χ3v) is 3.17. The van der Waals surface area contributed by atoms with Crippen LogP contribution in [0.4, 0.5) is 0 Å². The Hall–Kier alpha value is -0.610. The molecule has 1 atom stereocenters. The van der Waals surface area contributed by atoms with Crippen LogP contribution in [0, 0.1) is 5.92 Å². The monoisotopic (exact) mass is 213 g/mol. The van der Waals surface area contributed by atoms with Gasteiger partial charge in [0.05, 0.1) is 6.04 Å². The average molecular weight is 213 g/mol. The molecule has 0 saturated heterocycles. The van der Waals surface area contributed by atoms with Gasteiger partial charge in [-0.15, -0.1) is 0 Å². The molecule has 15 heavy (non-hydrogen) atoms. The van der Waals surface area contributed by atoms with E-state index in [0.29, 0.717) is 6.54 Å². The molecule has 0 spiro atoms. The van der Waals surface area contributed by atoms with E-state index in [2.05, 4.69) is 5.32 Å². The number of hydrogen-bond donors (Lipinski definition) is 3. The molecule has 0 aromatic rings. The Balaban J connectivity index is 1.90. The summed E-state index contributed by atoms with van der Waals surface area (Å²) in [6.45, 7) is 1.44. The SMILES string of the molecule is NC(=O)C(N)CNCCCC1CCCC1. The van der Waals surface area contributed by atoms with Crippen LogP contribution in [0.15, 0.2) is 0 Å². The van der Waals surface area contributed by atoms with Crippen molar-refractivity contribution in [2.24, 2.45) is 17.4 Å². The quantitative estimate of drug-likeness (QED) is 0.534. The highest BCUT2D eigenvalue weighted by Crippen LogP contribution is 2.28. The molecule has 1 rings (SSSR count). The Kier molecular flexibility index (Phi) is 5.65. The van der Waals surface area contributed by atoms with E-state index in [-0.39, 0.29) is 0 Å². The first kappa shape index (κ1) is 12.5. The first-order valence-electron chi connectivity index (χ1n) is 5.95. The zero-order chi connectivity index (χ0) is 11.1. The van der Waals surface area contributed by atoms with E-state index in [1.54, 1.807) is 0 Å². The number of amides is 1. The molecule has 0 bridgehead atoms. The maximum Gasteiger partial charge on any atom is 0.235 e. The minimum Gasteiger partial charge on any atom is -0.368 e. The van der Waals surface area contributed by atoms with Crippen LogP contribution in [0.25, 0.3) is 0 Å². The van der Waals surface area contributed by atoms with Gasteiger partial charge < -0.3 is 16.8 Å². The van der Waals surface area contributed by atoms with Crippen LogP contribution in [0.2, 0.25) is 0 Å². The molecule has 0 radical (unpaired) electrons. The highest BCUT2D eigenvalue weighted by Gasteiger charge is 2.14. The molecule has 1 unspecified atom stereocenters. The van der Waals surface area contributed by atoms with Gasteiger partial charge in [-0.2, -0.15) is 0 Å². The third-order valence-electron chi connectivity index (χ3n) is 3.17. The van der Waals surface area contributed by atoms with Gasteiger partial charge in [0.1, 0.15) is 0 Å². The van der Waals surface area contributed by atoms with Gasteiger partial charge in [-0.05, 0) is 25.3 Å². The van der Waals surface area contributed by atoms with Crippen LogP contribution in [-0.2, 0) is 4.79 Å². The van der Waals surface area contributed by atoms with Crippen molar-refractivity contribution in [1.82, 2.24) is 5.32 Å². The lowest BCUT2D eigenvalue weighted by Crippen LogP contribution is -2.44. The largest absolute Gasteiger partial charge is 0.368 e. The zero-order valence-corrected chi connectivity index (χ0v) is 9.37. The molecule has 1 fully saturated rings. The van der Waals surface area contributed by atoms with Gasteiger partial charge in [0.25, 0.3) is 0 Å². The molecule has 0 aromatic carbocycles. The number of hydrogen-bond acceptors (Lipinski definition) is 3. The molecule has 1 amide bonds. The predicted molar refractivity (Wildman–Crippen MR) is 61.2 cm³/mol. The van der Waals surface area contributed by atoms with E-state index in [1.807, 2.05) is 0 Å². The lowest BCUT2D eigenvalue weighted by atomic mass is 10.0. The van der Waals surface area contributed by atoms with Crippen molar-refractivity contribution in [3.8, 4) is 0 Å². The highest BCUT2D eigenvalue weighted by molar-refractivity contribution is 5.79. The first-order chi connectivity index (χ1) is 7.20. The molecule has 4 nitrogen and oxygen atoms in total. The zero-order valence-electron chi connectivity index (χ0n) is 9.37. The number of rotatable bonds is 7. The Bertz CT molecular complexity index is 190. The molecule has 1 saturated carbocycles. The van der Waals surface area contributed by atoms with E-state index in [4.69, 9.17) is 11.5 Å². The average Bonchev–Trinajstić information content (AvgIpc) is 2.69. The molecular weight excluding hydrogens is 190 g/mol. The van der Waals surface area contributed by atoms with Crippen molar-refractivity contribution in [3.63, 3.8) is 0 Å². The summed E-state index contributed by atoms with van der Waals surface area (Å²) in [5.41, 5.74) is 10.5. The summed E-state index contributed by atoms with van der Waals surface area (Å²) < 4.78 is 0. The van der Waals surface area contributed by atoms with Gasteiger partial charge >= 0.3 is 0 Å². The van der Waals surface area contributed by atoms with Crippen molar-refractivity contribution in [2.45, 2.75) is 44.6 Å². The predicted octanol–water partition coefficient (Wildman–Crippen LogP) is 0.359. The molecule has 1 aliphatic carbocycles. The lowest BCUT2D eigenvalue weighted by Gasteiger charge is -2.11. The Labute approximate surface area is 91.8 Å². The van der Waals surface area contributed by atoms with Crippen LogP contribution in [0.3, 0.4) is 0 Å². The second kappa shape index (κ2) is 6.80. The third kappa shape index (κ3) is 5.14. The standard InChI is InChI=1S/C11H23N3O/c12-10(11(13)15)8-14-7-3-6-9-4-1-2-5-9/h9-10,14H,1-8,12H2,(H2,13,15). The normalized spacial score (nSPS) is 19.3. The second-order valence-electron chi connectivity index (χ2n) is 4.51. The number of carbonyl (C=O) groups excluding carboxylic acids is 1. The van der Waals surface area contributed by atoms with Crippen molar-refractivity contribution in [2.75, 3.05) is 13.1 Å². The molecule has 4 heteroatoms. The van der Waals surface area contributed by atoms with Gasteiger partial charge in [-0.3, -0.25) is 4.79 Å². The number of primary amides is 1. The van der Waals surface area contributed by atoms with Crippen molar-refractivity contribution < 1.29 is 4.79 Å². The van der Waals surface area contributed by atoms with Crippen LogP contribution < -0.4 is 16.8 Å². The number of carbonyl (C=O) groups is 1. The summed E-state index contributed by atoms with van der Waals surface area (Å²) in [6.07, 6.45) is 8.10. The fourth-order valence-electron chi connectivity index (χ4n) is 2.17. The van der Waals surface area contributed by atoms with E-state index in [1.165, 1.54) is 38.5 Å². The topological polar surface area (TPSA) is 81.1 Å². The smallest absolute Gasteiger partial charge is 0.235 e. The van der Waals surface area contributed by atoms with E-state index in [0.717, 1.165) is 12.5 Å². The van der Waals surface area contributed by atoms with Gasteiger partial charge in [0.15, 0.2) is 0 Å². The highest BCUT2D eigenvalue weighted by atomic mass is 16.1. The van der Waals surface area contributed by atoms with E-state index < -0.39 is 11.9 Å². The summed E-state index contributed by atoms with van der Waals surface area (Å²) >= 11 is 0. The molecule has 0 heterocycles. The maximum absolute atomic E-state index is 10.6. The molecular formula is C11H23N3O. The van der Waals surface area contributed by atoms with Crippen molar-refractivity contribution >= 4 is 5.91 Å². The molecule has 0 aliphatic heterocycles. The minimum atomic E-state index is -0.545. The Morgan fingerprint density at radius 3 is 2.67 bits per heavy atom. The van der Waals surface area contributed by atoms with Crippen molar-refractivity contribution in [1.29, 1.82) is 0 Å². The lowest BCUT2D eigenvalue weighted by molar-refractivity contribution is -0.119. The summed E-state index contributed by atoms with van der Waals surface area (Å²) in [5, 5.41) is 3.16. The van der Waals surface area contributed by atoms with Gasteiger partial charge in [0, 0.05) is 6.54 Å².